The van der Waals surface area contributed by atoms with Gasteiger partial charge in [0.15, 0.2) is 0 Å². The molecule has 112 valence electrons. The summed E-state index contributed by atoms with van der Waals surface area (Å²) >= 11 is 1.98. The SMILES string of the molecule is NNC(CCC1CCCO1)c1cc2c(s1)CCCCC2. The van der Waals surface area contributed by atoms with Crippen LogP contribution in [-0.4, -0.2) is 12.7 Å². The zero-order valence-electron chi connectivity index (χ0n) is 12.2. The van der Waals surface area contributed by atoms with Crippen LogP contribution in [0.3, 0.4) is 0 Å². The highest BCUT2D eigenvalue weighted by atomic mass is 32.1. The van der Waals surface area contributed by atoms with E-state index < -0.39 is 0 Å². The second-order valence-electron chi connectivity index (χ2n) is 6.09. The summed E-state index contributed by atoms with van der Waals surface area (Å²) in [5, 5.41) is 0. The van der Waals surface area contributed by atoms with Gasteiger partial charge in [-0.3, -0.25) is 11.3 Å². The Kier molecular flexibility index (Phi) is 5.10. The standard InChI is InChI=1S/C16H26N2OS/c17-18-14(9-8-13-6-4-10-19-13)16-11-12-5-2-1-3-7-15(12)20-16/h11,13-14,18H,1-10,17H2. The van der Waals surface area contributed by atoms with Gasteiger partial charge in [0.2, 0.25) is 0 Å². The van der Waals surface area contributed by atoms with Crippen LogP contribution in [0.1, 0.15) is 66.3 Å². The van der Waals surface area contributed by atoms with Gasteiger partial charge in [0.1, 0.15) is 0 Å². The van der Waals surface area contributed by atoms with Crippen molar-refractivity contribution in [3.8, 4) is 0 Å². The van der Waals surface area contributed by atoms with Crippen LogP contribution >= 0.6 is 11.3 Å². The molecule has 3 rings (SSSR count). The second kappa shape index (κ2) is 7.03. The van der Waals surface area contributed by atoms with E-state index in [2.05, 4.69) is 11.5 Å². The highest BCUT2D eigenvalue weighted by Crippen LogP contribution is 2.34. The molecule has 1 aliphatic heterocycles. The first-order valence-electron chi connectivity index (χ1n) is 8.06. The van der Waals surface area contributed by atoms with Gasteiger partial charge in [-0.05, 0) is 63.0 Å². The number of rotatable bonds is 5. The van der Waals surface area contributed by atoms with Crippen LogP contribution in [0.4, 0.5) is 0 Å². The van der Waals surface area contributed by atoms with Crippen LogP contribution in [0.2, 0.25) is 0 Å². The molecule has 20 heavy (non-hydrogen) atoms. The maximum Gasteiger partial charge on any atom is 0.0576 e. The molecule has 0 spiro atoms. The number of hydrogen-bond donors (Lipinski definition) is 2. The number of nitrogens with one attached hydrogen (secondary N) is 1. The molecule has 2 atom stereocenters. The number of ether oxygens (including phenoxy) is 1. The Labute approximate surface area is 125 Å². The van der Waals surface area contributed by atoms with Crippen LogP contribution in [-0.2, 0) is 17.6 Å². The smallest absolute Gasteiger partial charge is 0.0576 e. The Balaban J connectivity index is 1.62. The molecule has 2 heterocycles. The van der Waals surface area contributed by atoms with E-state index in [-0.39, 0.29) is 0 Å². The Morgan fingerprint density at radius 1 is 1.30 bits per heavy atom. The summed E-state index contributed by atoms with van der Waals surface area (Å²) in [6.07, 6.45) is 11.7. The molecule has 1 aromatic heterocycles. The van der Waals surface area contributed by atoms with Crippen molar-refractivity contribution >= 4 is 11.3 Å². The molecule has 1 aromatic rings. The minimum absolute atomic E-state index is 0.302. The predicted molar refractivity (Wildman–Crippen MR) is 83.9 cm³/mol. The maximum atomic E-state index is 5.79. The molecule has 3 N–H and O–H groups in total. The first-order chi connectivity index (χ1) is 9.86. The molecular formula is C16H26N2OS. The number of thiophene rings is 1. The van der Waals surface area contributed by atoms with E-state index in [9.17, 15) is 0 Å². The Bertz CT molecular complexity index is 403. The van der Waals surface area contributed by atoms with Crippen molar-refractivity contribution in [2.24, 2.45) is 5.84 Å². The van der Waals surface area contributed by atoms with Crippen molar-refractivity contribution in [1.82, 2.24) is 5.43 Å². The van der Waals surface area contributed by atoms with E-state index in [1.807, 2.05) is 11.3 Å². The van der Waals surface area contributed by atoms with E-state index in [4.69, 9.17) is 10.6 Å². The fourth-order valence-corrected chi connectivity index (χ4v) is 4.75. The first-order valence-corrected chi connectivity index (χ1v) is 8.87. The Hall–Kier alpha value is -0.420. The summed E-state index contributed by atoms with van der Waals surface area (Å²) in [4.78, 5) is 3.03. The molecule has 2 unspecified atom stereocenters. The van der Waals surface area contributed by atoms with Crippen molar-refractivity contribution in [2.75, 3.05) is 6.61 Å². The van der Waals surface area contributed by atoms with Gasteiger partial charge in [-0.25, -0.2) is 0 Å². The largest absolute Gasteiger partial charge is 0.378 e. The minimum Gasteiger partial charge on any atom is -0.378 e. The summed E-state index contributed by atoms with van der Waals surface area (Å²) in [6, 6.07) is 2.71. The maximum absolute atomic E-state index is 5.79. The van der Waals surface area contributed by atoms with Crippen LogP contribution in [0, 0.1) is 0 Å². The highest BCUT2D eigenvalue weighted by molar-refractivity contribution is 7.12. The van der Waals surface area contributed by atoms with Crippen LogP contribution in [0.15, 0.2) is 6.07 Å². The average Bonchev–Trinajstić information content (AvgIpc) is 3.06. The molecular weight excluding hydrogens is 268 g/mol. The van der Waals surface area contributed by atoms with Crippen LogP contribution in [0.25, 0.3) is 0 Å². The first kappa shape index (κ1) is 14.5. The molecule has 1 saturated heterocycles. The number of fused-ring (bicyclic) bond motifs is 1. The van der Waals surface area contributed by atoms with Gasteiger partial charge in [0.05, 0.1) is 12.1 Å². The fourth-order valence-electron chi connectivity index (χ4n) is 3.39. The molecule has 2 aliphatic rings. The monoisotopic (exact) mass is 294 g/mol. The van der Waals surface area contributed by atoms with Crippen molar-refractivity contribution in [3.63, 3.8) is 0 Å². The quantitative estimate of drug-likeness (QED) is 0.496. The third-order valence-corrected chi connectivity index (χ3v) is 5.96. The van der Waals surface area contributed by atoms with Crippen molar-refractivity contribution in [2.45, 2.75) is 69.9 Å². The number of nitrogens with two attached hydrogens (primary N) is 1. The van der Waals surface area contributed by atoms with Gasteiger partial charge in [0.25, 0.3) is 0 Å². The van der Waals surface area contributed by atoms with Crippen LogP contribution in [0.5, 0.6) is 0 Å². The van der Waals surface area contributed by atoms with Gasteiger partial charge in [-0.2, -0.15) is 0 Å². The van der Waals surface area contributed by atoms with Gasteiger partial charge in [-0.1, -0.05) is 6.42 Å². The third kappa shape index (κ3) is 3.42. The lowest BCUT2D eigenvalue weighted by Gasteiger charge is -2.16. The molecule has 0 saturated carbocycles. The molecule has 0 radical (unpaired) electrons. The molecule has 0 bridgehead atoms. The van der Waals surface area contributed by atoms with E-state index in [0.717, 1.165) is 19.4 Å². The fraction of sp³-hybridized carbons (Fsp3) is 0.750. The summed E-state index contributed by atoms with van der Waals surface area (Å²) in [7, 11) is 0. The summed E-state index contributed by atoms with van der Waals surface area (Å²) < 4.78 is 5.72. The normalized spacial score (nSPS) is 24.4. The van der Waals surface area contributed by atoms with Crippen molar-refractivity contribution in [3.05, 3.63) is 21.4 Å². The lowest BCUT2D eigenvalue weighted by Crippen LogP contribution is -2.28. The lowest BCUT2D eigenvalue weighted by molar-refractivity contribution is 0.0997. The zero-order valence-corrected chi connectivity index (χ0v) is 13.0. The Morgan fingerprint density at radius 3 is 3.00 bits per heavy atom. The second-order valence-corrected chi connectivity index (χ2v) is 7.26. The van der Waals surface area contributed by atoms with Crippen LogP contribution < -0.4 is 11.3 Å². The van der Waals surface area contributed by atoms with Gasteiger partial charge in [0, 0.05) is 16.4 Å². The van der Waals surface area contributed by atoms with Gasteiger partial charge >= 0.3 is 0 Å². The molecule has 3 nitrogen and oxygen atoms in total. The molecule has 0 amide bonds. The molecule has 1 aliphatic carbocycles. The minimum atomic E-state index is 0.302. The zero-order chi connectivity index (χ0) is 13.8. The van der Waals surface area contributed by atoms with E-state index in [0.29, 0.717) is 12.1 Å². The van der Waals surface area contributed by atoms with Crippen molar-refractivity contribution < 1.29 is 4.74 Å². The summed E-state index contributed by atoms with van der Waals surface area (Å²) in [5.74, 6) is 5.79. The Morgan fingerprint density at radius 2 is 2.20 bits per heavy atom. The van der Waals surface area contributed by atoms with E-state index in [1.54, 1.807) is 10.4 Å². The predicted octanol–water partition coefficient (Wildman–Crippen LogP) is 3.48. The summed E-state index contributed by atoms with van der Waals surface area (Å²) in [6.45, 7) is 0.943. The van der Waals surface area contributed by atoms with Gasteiger partial charge in [-0.15, -0.1) is 11.3 Å². The molecule has 1 fully saturated rings. The lowest BCUT2D eigenvalue weighted by atomic mass is 10.0. The highest BCUT2D eigenvalue weighted by Gasteiger charge is 2.21. The van der Waals surface area contributed by atoms with Crippen molar-refractivity contribution in [1.29, 1.82) is 0 Å². The number of hydrogen-bond acceptors (Lipinski definition) is 4. The van der Waals surface area contributed by atoms with E-state index in [1.165, 1.54) is 49.8 Å². The average molecular weight is 294 g/mol. The summed E-state index contributed by atoms with van der Waals surface area (Å²) in [5.41, 5.74) is 4.61. The number of hydrazine groups is 1. The molecule has 4 heteroatoms. The third-order valence-electron chi connectivity index (χ3n) is 4.61. The van der Waals surface area contributed by atoms with E-state index >= 15 is 0 Å². The van der Waals surface area contributed by atoms with Gasteiger partial charge < -0.3 is 4.74 Å². The molecule has 0 aromatic carbocycles. The topological polar surface area (TPSA) is 47.3 Å². The number of aryl methyl sites for hydroxylation is 2.